The van der Waals surface area contributed by atoms with Gasteiger partial charge in [0.15, 0.2) is 0 Å². The second kappa shape index (κ2) is 5.13. The van der Waals surface area contributed by atoms with E-state index in [2.05, 4.69) is 4.98 Å². The van der Waals surface area contributed by atoms with Gasteiger partial charge in [-0.15, -0.1) is 0 Å². The van der Waals surface area contributed by atoms with Crippen molar-refractivity contribution < 1.29 is 0 Å². The third-order valence-electron chi connectivity index (χ3n) is 4.19. The van der Waals surface area contributed by atoms with Gasteiger partial charge in [-0.05, 0) is 37.3 Å². The lowest BCUT2D eigenvalue weighted by molar-refractivity contribution is 0.411. The van der Waals surface area contributed by atoms with Crippen molar-refractivity contribution in [1.29, 1.82) is 0 Å². The topological polar surface area (TPSA) is 60.9 Å². The summed E-state index contributed by atoms with van der Waals surface area (Å²) < 4.78 is 1.72. The van der Waals surface area contributed by atoms with Crippen molar-refractivity contribution in [3.8, 4) is 0 Å². The zero-order valence-electron chi connectivity index (χ0n) is 11.0. The Morgan fingerprint density at radius 2 is 2.16 bits per heavy atom. The van der Waals surface area contributed by atoms with Gasteiger partial charge in [-0.25, -0.2) is 4.98 Å². The van der Waals surface area contributed by atoms with Gasteiger partial charge in [0.1, 0.15) is 0 Å². The lowest BCUT2D eigenvalue weighted by Gasteiger charge is -2.15. The first kappa shape index (κ1) is 12.4. The molecule has 1 aromatic carbocycles. The van der Waals surface area contributed by atoms with Crippen molar-refractivity contribution in [3.63, 3.8) is 0 Å². The first-order chi connectivity index (χ1) is 9.25. The Hall–Kier alpha value is -1.68. The maximum Gasteiger partial charge on any atom is 0.261 e. The summed E-state index contributed by atoms with van der Waals surface area (Å²) in [4.78, 5) is 16.6. The monoisotopic (exact) mass is 257 g/mol. The van der Waals surface area contributed by atoms with Crippen LogP contribution in [0.5, 0.6) is 0 Å². The number of aryl methyl sites for hydroxylation is 1. The van der Waals surface area contributed by atoms with Crippen LogP contribution >= 0.6 is 0 Å². The molecule has 0 bridgehead atoms. The van der Waals surface area contributed by atoms with Gasteiger partial charge in [0.25, 0.3) is 5.56 Å². The van der Waals surface area contributed by atoms with Crippen molar-refractivity contribution in [3.05, 3.63) is 40.9 Å². The van der Waals surface area contributed by atoms with Gasteiger partial charge in [-0.3, -0.25) is 9.36 Å². The zero-order chi connectivity index (χ0) is 13.2. The van der Waals surface area contributed by atoms with E-state index in [4.69, 9.17) is 5.73 Å². The SMILES string of the molecule is NC1CCCC1CCn1cnc2ccccc2c1=O. The van der Waals surface area contributed by atoms with E-state index in [1.54, 1.807) is 10.9 Å². The third kappa shape index (κ3) is 2.40. The van der Waals surface area contributed by atoms with Crippen LogP contribution < -0.4 is 11.3 Å². The maximum absolute atomic E-state index is 12.3. The summed E-state index contributed by atoms with van der Waals surface area (Å²) in [6.07, 6.45) is 6.16. The molecule has 0 amide bonds. The molecular weight excluding hydrogens is 238 g/mol. The van der Waals surface area contributed by atoms with Crippen LogP contribution in [0.3, 0.4) is 0 Å². The zero-order valence-corrected chi connectivity index (χ0v) is 11.0. The van der Waals surface area contributed by atoms with Gasteiger partial charge in [-0.2, -0.15) is 0 Å². The molecule has 1 saturated carbocycles. The van der Waals surface area contributed by atoms with Gasteiger partial charge in [0.05, 0.1) is 17.2 Å². The molecule has 1 aliphatic rings. The van der Waals surface area contributed by atoms with Crippen molar-refractivity contribution >= 4 is 10.9 Å². The fourth-order valence-electron chi connectivity index (χ4n) is 2.99. The lowest BCUT2D eigenvalue weighted by atomic mass is 10.0. The molecule has 4 nitrogen and oxygen atoms in total. The lowest BCUT2D eigenvalue weighted by Crippen LogP contribution is -2.27. The average molecular weight is 257 g/mol. The van der Waals surface area contributed by atoms with E-state index >= 15 is 0 Å². The molecule has 0 spiro atoms. The molecule has 19 heavy (non-hydrogen) atoms. The number of rotatable bonds is 3. The summed E-state index contributed by atoms with van der Waals surface area (Å²) in [5, 5.41) is 0.695. The molecule has 1 aliphatic carbocycles. The number of para-hydroxylation sites is 1. The highest BCUT2D eigenvalue weighted by Crippen LogP contribution is 2.26. The van der Waals surface area contributed by atoms with E-state index in [9.17, 15) is 4.79 Å². The molecule has 0 aliphatic heterocycles. The van der Waals surface area contributed by atoms with Gasteiger partial charge in [0.2, 0.25) is 0 Å². The Bertz CT molecular complexity index is 635. The van der Waals surface area contributed by atoms with Crippen LogP contribution in [-0.2, 0) is 6.54 Å². The van der Waals surface area contributed by atoms with E-state index in [-0.39, 0.29) is 5.56 Å². The summed E-state index contributed by atoms with van der Waals surface area (Å²) in [7, 11) is 0. The van der Waals surface area contributed by atoms with Crippen LogP contribution in [-0.4, -0.2) is 15.6 Å². The second-order valence-electron chi connectivity index (χ2n) is 5.40. The van der Waals surface area contributed by atoms with Crippen molar-refractivity contribution in [2.24, 2.45) is 11.7 Å². The fraction of sp³-hybridized carbons (Fsp3) is 0.467. The van der Waals surface area contributed by atoms with Crippen LogP contribution in [0.1, 0.15) is 25.7 Å². The Morgan fingerprint density at radius 3 is 2.95 bits per heavy atom. The number of aromatic nitrogens is 2. The number of nitrogens with zero attached hydrogens (tertiary/aromatic N) is 2. The number of benzene rings is 1. The molecule has 0 saturated heterocycles. The summed E-state index contributed by atoms with van der Waals surface area (Å²) in [5.74, 6) is 0.554. The van der Waals surface area contributed by atoms with Crippen LogP contribution in [0.4, 0.5) is 0 Å². The first-order valence-corrected chi connectivity index (χ1v) is 6.95. The number of fused-ring (bicyclic) bond motifs is 1. The quantitative estimate of drug-likeness (QED) is 0.913. The summed E-state index contributed by atoms with van der Waals surface area (Å²) in [6, 6.07) is 7.79. The minimum absolute atomic E-state index is 0.0529. The molecule has 1 heterocycles. The predicted molar refractivity (Wildman–Crippen MR) is 75.9 cm³/mol. The highest BCUT2D eigenvalue weighted by atomic mass is 16.1. The minimum atomic E-state index is 0.0529. The molecular formula is C15H19N3O. The highest BCUT2D eigenvalue weighted by Gasteiger charge is 2.23. The number of nitrogens with two attached hydrogens (primary N) is 1. The Kier molecular flexibility index (Phi) is 3.34. The van der Waals surface area contributed by atoms with Crippen LogP contribution in [0.2, 0.25) is 0 Å². The van der Waals surface area contributed by atoms with Crippen molar-refractivity contribution in [2.45, 2.75) is 38.3 Å². The molecule has 4 heteroatoms. The number of hydrogen-bond donors (Lipinski definition) is 1. The fourth-order valence-corrected chi connectivity index (χ4v) is 2.99. The van der Waals surface area contributed by atoms with E-state index < -0.39 is 0 Å². The summed E-state index contributed by atoms with van der Waals surface area (Å²) in [5.41, 5.74) is 6.89. The molecule has 100 valence electrons. The van der Waals surface area contributed by atoms with Gasteiger partial charge in [0, 0.05) is 12.6 Å². The van der Waals surface area contributed by atoms with Crippen molar-refractivity contribution in [1.82, 2.24) is 9.55 Å². The Balaban J connectivity index is 1.81. The Morgan fingerprint density at radius 1 is 1.32 bits per heavy atom. The molecule has 2 N–H and O–H groups in total. The smallest absolute Gasteiger partial charge is 0.261 e. The summed E-state index contributed by atoms with van der Waals surface area (Å²) >= 11 is 0. The average Bonchev–Trinajstić information content (AvgIpc) is 2.84. The van der Waals surface area contributed by atoms with E-state index in [0.717, 1.165) is 24.9 Å². The third-order valence-corrected chi connectivity index (χ3v) is 4.19. The number of hydrogen-bond acceptors (Lipinski definition) is 3. The first-order valence-electron chi connectivity index (χ1n) is 6.95. The molecule has 3 rings (SSSR count). The normalized spacial score (nSPS) is 23.0. The van der Waals surface area contributed by atoms with E-state index in [0.29, 0.717) is 17.3 Å². The summed E-state index contributed by atoms with van der Waals surface area (Å²) in [6.45, 7) is 0.717. The molecule has 1 aromatic heterocycles. The molecule has 2 unspecified atom stereocenters. The van der Waals surface area contributed by atoms with E-state index in [1.165, 1.54) is 12.8 Å². The van der Waals surface area contributed by atoms with Crippen LogP contribution in [0, 0.1) is 5.92 Å². The van der Waals surface area contributed by atoms with E-state index in [1.807, 2.05) is 24.3 Å². The molecule has 1 fully saturated rings. The molecule has 2 aromatic rings. The van der Waals surface area contributed by atoms with Crippen LogP contribution in [0.25, 0.3) is 10.9 Å². The second-order valence-corrected chi connectivity index (χ2v) is 5.40. The van der Waals surface area contributed by atoms with Gasteiger partial charge < -0.3 is 5.73 Å². The Labute approximate surface area is 112 Å². The molecule has 2 atom stereocenters. The van der Waals surface area contributed by atoms with Gasteiger partial charge in [-0.1, -0.05) is 18.6 Å². The largest absolute Gasteiger partial charge is 0.327 e. The van der Waals surface area contributed by atoms with Crippen molar-refractivity contribution in [2.75, 3.05) is 0 Å². The maximum atomic E-state index is 12.3. The van der Waals surface area contributed by atoms with Crippen LogP contribution in [0.15, 0.2) is 35.4 Å². The van der Waals surface area contributed by atoms with Gasteiger partial charge >= 0.3 is 0 Å². The predicted octanol–water partition coefficient (Wildman–Crippen LogP) is 1.91. The highest BCUT2D eigenvalue weighted by molar-refractivity contribution is 5.76. The standard InChI is InChI=1S/C15H19N3O/c16-13-6-3-4-11(13)8-9-18-10-17-14-7-2-1-5-12(14)15(18)19/h1-2,5,7,10-11,13H,3-4,6,8-9,16H2. The molecule has 0 radical (unpaired) electrons. The minimum Gasteiger partial charge on any atom is -0.327 e.